The molecule has 5 rings (SSSR count). The Morgan fingerprint density at radius 3 is 2.41 bits per heavy atom. The summed E-state index contributed by atoms with van der Waals surface area (Å²) < 4.78 is 0.831. The molecule has 0 saturated heterocycles. The van der Waals surface area contributed by atoms with Gasteiger partial charge in [-0.1, -0.05) is 47.2 Å². The predicted octanol–water partition coefficient (Wildman–Crippen LogP) is 4.17. The number of pyridine rings is 1. The highest BCUT2D eigenvalue weighted by molar-refractivity contribution is 7.22. The Labute approximate surface area is 191 Å². The van der Waals surface area contributed by atoms with Gasteiger partial charge in [-0.05, 0) is 35.9 Å². The number of aromatic nitrogens is 2. The lowest BCUT2D eigenvalue weighted by atomic mass is 10.1. The molecule has 7 nitrogen and oxygen atoms in total. The second kappa shape index (κ2) is 8.14. The van der Waals surface area contributed by atoms with Crippen molar-refractivity contribution in [2.24, 2.45) is 0 Å². The Bertz CT molecular complexity index is 1340. The van der Waals surface area contributed by atoms with Gasteiger partial charge in [0.25, 0.3) is 11.8 Å². The Morgan fingerprint density at radius 1 is 1.00 bits per heavy atom. The fourth-order valence-electron chi connectivity index (χ4n) is 3.56. The Kier molecular flexibility index (Phi) is 5.16. The van der Waals surface area contributed by atoms with E-state index in [4.69, 9.17) is 11.6 Å². The maximum Gasteiger partial charge on any atom is 0.262 e. The third-order valence-electron chi connectivity index (χ3n) is 5.13. The molecule has 0 spiro atoms. The van der Waals surface area contributed by atoms with E-state index in [2.05, 4.69) is 9.97 Å². The zero-order valence-electron chi connectivity index (χ0n) is 16.6. The van der Waals surface area contributed by atoms with Gasteiger partial charge in [-0.25, -0.2) is 4.98 Å². The van der Waals surface area contributed by atoms with E-state index in [0.717, 1.165) is 15.2 Å². The van der Waals surface area contributed by atoms with E-state index in [9.17, 15) is 14.4 Å². The normalized spacial score (nSPS) is 13.0. The van der Waals surface area contributed by atoms with Gasteiger partial charge in [0.05, 0.1) is 27.4 Å². The van der Waals surface area contributed by atoms with Gasteiger partial charge >= 0.3 is 0 Å². The summed E-state index contributed by atoms with van der Waals surface area (Å²) >= 11 is 7.59. The van der Waals surface area contributed by atoms with Crippen molar-refractivity contribution >= 4 is 56.0 Å². The van der Waals surface area contributed by atoms with Crippen molar-refractivity contribution in [1.82, 2.24) is 14.9 Å². The van der Waals surface area contributed by atoms with Crippen LogP contribution in [0.4, 0.5) is 5.13 Å². The molecule has 1 aliphatic heterocycles. The van der Waals surface area contributed by atoms with Crippen LogP contribution in [-0.2, 0) is 11.3 Å². The van der Waals surface area contributed by atoms with E-state index in [-0.39, 0.29) is 6.54 Å². The second-order valence-corrected chi connectivity index (χ2v) is 8.58. The maximum atomic E-state index is 13.4. The van der Waals surface area contributed by atoms with E-state index in [1.54, 1.807) is 48.8 Å². The Balaban J connectivity index is 1.49. The standard InChI is InChI=1S/C23H15ClN4O3S/c24-17-8-3-9-18-20(17)26-23(32-18)27(12-14-5-4-10-25-11-14)19(29)13-28-21(30)15-6-1-2-7-16(15)22(28)31/h1-11H,12-13H2. The van der Waals surface area contributed by atoms with Gasteiger partial charge in [0.15, 0.2) is 5.13 Å². The lowest BCUT2D eigenvalue weighted by Crippen LogP contribution is -2.42. The van der Waals surface area contributed by atoms with Crippen LogP contribution in [0.15, 0.2) is 67.0 Å². The zero-order valence-corrected chi connectivity index (χ0v) is 18.1. The lowest BCUT2D eigenvalue weighted by molar-refractivity contribution is -0.119. The molecule has 0 atom stereocenters. The molecule has 0 aliphatic carbocycles. The van der Waals surface area contributed by atoms with Crippen LogP contribution in [0.3, 0.4) is 0 Å². The summed E-state index contributed by atoms with van der Waals surface area (Å²) in [5.41, 5.74) is 1.99. The monoisotopic (exact) mass is 462 g/mol. The highest BCUT2D eigenvalue weighted by atomic mass is 35.5. The first kappa shape index (κ1) is 20.3. The van der Waals surface area contributed by atoms with Gasteiger partial charge in [-0.3, -0.25) is 29.2 Å². The van der Waals surface area contributed by atoms with Crippen LogP contribution >= 0.6 is 22.9 Å². The van der Waals surface area contributed by atoms with E-state index >= 15 is 0 Å². The first-order chi connectivity index (χ1) is 15.5. The first-order valence-corrected chi connectivity index (χ1v) is 10.9. The number of imide groups is 1. The average Bonchev–Trinajstić information content (AvgIpc) is 3.35. The SMILES string of the molecule is O=C1c2ccccc2C(=O)N1CC(=O)N(Cc1cccnc1)c1nc2c(Cl)cccc2s1. The third-order valence-corrected chi connectivity index (χ3v) is 6.47. The molecule has 1 aliphatic rings. The summed E-state index contributed by atoms with van der Waals surface area (Å²) in [7, 11) is 0. The number of hydrogen-bond donors (Lipinski definition) is 0. The van der Waals surface area contributed by atoms with Crippen LogP contribution in [0.1, 0.15) is 26.3 Å². The van der Waals surface area contributed by atoms with E-state index in [1.807, 2.05) is 18.2 Å². The number of benzene rings is 2. The number of carbonyl (C=O) groups excluding carboxylic acids is 3. The molecule has 0 unspecified atom stereocenters. The van der Waals surface area contributed by atoms with E-state index in [0.29, 0.717) is 26.8 Å². The van der Waals surface area contributed by atoms with Crippen molar-refractivity contribution in [3.63, 3.8) is 0 Å². The molecule has 9 heteroatoms. The molecule has 0 radical (unpaired) electrons. The van der Waals surface area contributed by atoms with Gasteiger partial charge in [0.1, 0.15) is 12.1 Å². The fourth-order valence-corrected chi connectivity index (χ4v) is 4.84. The molecule has 0 saturated carbocycles. The largest absolute Gasteiger partial charge is 0.282 e. The van der Waals surface area contributed by atoms with Crippen molar-refractivity contribution in [3.8, 4) is 0 Å². The molecule has 32 heavy (non-hydrogen) atoms. The highest BCUT2D eigenvalue weighted by Crippen LogP contribution is 2.34. The minimum atomic E-state index is -0.479. The van der Waals surface area contributed by atoms with Crippen LogP contribution in [0, 0.1) is 0 Å². The first-order valence-electron chi connectivity index (χ1n) is 9.72. The molecular weight excluding hydrogens is 448 g/mol. The number of carbonyl (C=O) groups is 3. The quantitative estimate of drug-likeness (QED) is 0.415. The Hall–Kier alpha value is -3.62. The van der Waals surface area contributed by atoms with Gasteiger partial charge in [0, 0.05) is 12.4 Å². The molecule has 0 fully saturated rings. The number of hydrogen-bond acceptors (Lipinski definition) is 6. The molecular formula is C23H15ClN4O3S. The summed E-state index contributed by atoms with van der Waals surface area (Å²) in [5, 5.41) is 0.915. The number of halogens is 1. The van der Waals surface area contributed by atoms with Crippen molar-refractivity contribution in [2.75, 3.05) is 11.4 Å². The number of nitrogens with zero attached hydrogens (tertiary/aromatic N) is 4. The number of anilines is 1. The summed E-state index contributed by atoms with van der Waals surface area (Å²) in [6, 6.07) is 15.6. The van der Waals surface area contributed by atoms with Crippen LogP contribution in [0.5, 0.6) is 0 Å². The summed E-state index contributed by atoms with van der Waals surface area (Å²) in [6.07, 6.45) is 3.30. The lowest BCUT2D eigenvalue weighted by Gasteiger charge is -2.22. The van der Waals surface area contributed by atoms with E-state index < -0.39 is 24.3 Å². The molecule has 0 N–H and O–H groups in total. The van der Waals surface area contributed by atoms with Gasteiger partial charge < -0.3 is 0 Å². The molecule has 4 aromatic rings. The maximum absolute atomic E-state index is 13.4. The van der Waals surface area contributed by atoms with Crippen LogP contribution < -0.4 is 4.90 Å². The Morgan fingerprint density at radius 2 is 1.75 bits per heavy atom. The number of amides is 3. The summed E-state index contributed by atoms with van der Waals surface area (Å²) in [4.78, 5) is 50.0. The van der Waals surface area contributed by atoms with Crippen LogP contribution in [0.2, 0.25) is 5.02 Å². The molecule has 3 heterocycles. The second-order valence-electron chi connectivity index (χ2n) is 7.17. The smallest absolute Gasteiger partial charge is 0.262 e. The molecule has 2 aromatic carbocycles. The average molecular weight is 463 g/mol. The number of fused-ring (bicyclic) bond motifs is 2. The van der Waals surface area contributed by atoms with Crippen LogP contribution in [0.25, 0.3) is 10.2 Å². The minimum Gasteiger partial charge on any atom is -0.282 e. The topological polar surface area (TPSA) is 83.5 Å². The molecule has 3 amide bonds. The predicted molar refractivity (Wildman–Crippen MR) is 122 cm³/mol. The summed E-state index contributed by atoms with van der Waals surface area (Å²) in [6.45, 7) is -0.205. The molecule has 2 aromatic heterocycles. The number of rotatable bonds is 5. The van der Waals surface area contributed by atoms with Crippen molar-refractivity contribution in [2.45, 2.75) is 6.54 Å². The number of thiazole rings is 1. The third kappa shape index (κ3) is 3.53. The van der Waals surface area contributed by atoms with Gasteiger partial charge in [-0.15, -0.1) is 0 Å². The van der Waals surface area contributed by atoms with Crippen molar-refractivity contribution in [1.29, 1.82) is 0 Å². The van der Waals surface area contributed by atoms with Crippen LogP contribution in [-0.4, -0.2) is 39.1 Å². The minimum absolute atomic E-state index is 0.188. The summed E-state index contributed by atoms with van der Waals surface area (Å²) in [5.74, 6) is -1.39. The van der Waals surface area contributed by atoms with E-state index in [1.165, 1.54) is 16.2 Å². The number of para-hydroxylation sites is 1. The van der Waals surface area contributed by atoms with Crippen molar-refractivity contribution in [3.05, 3.63) is 88.7 Å². The molecule has 158 valence electrons. The highest BCUT2D eigenvalue weighted by Gasteiger charge is 2.37. The van der Waals surface area contributed by atoms with Gasteiger partial charge in [-0.2, -0.15) is 0 Å². The van der Waals surface area contributed by atoms with Crippen molar-refractivity contribution < 1.29 is 14.4 Å². The zero-order chi connectivity index (χ0) is 22.2. The fraction of sp³-hybridized carbons (Fsp3) is 0.0870. The van der Waals surface area contributed by atoms with Gasteiger partial charge in [0.2, 0.25) is 5.91 Å². The molecule has 0 bridgehead atoms.